The van der Waals surface area contributed by atoms with Gasteiger partial charge in [0, 0.05) is 29.6 Å². The number of hydrogen-bond donors (Lipinski definition) is 1. The fraction of sp³-hybridized carbons (Fsp3) is 0.556. The monoisotopic (exact) mass is 336 g/mol. The number of amides is 2. The van der Waals surface area contributed by atoms with E-state index in [9.17, 15) is 9.59 Å². The molecule has 1 heterocycles. The van der Waals surface area contributed by atoms with Crippen molar-refractivity contribution < 1.29 is 9.59 Å². The highest BCUT2D eigenvalue weighted by molar-refractivity contribution is 6.31. The van der Waals surface area contributed by atoms with Crippen molar-refractivity contribution in [3.8, 4) is 0 Å². The highest BCUT2D eigenvalue weighted by Gasteiger charge is 2.30. The molecule has 1 aromatic carbocycles. The van der Waals surface area contributed by atoms with E-state index in [1.54, 1.807) is 6.07 Å². The Kier molecular flexibility index (Phi) is 5.69. The second kappa shape index (κ2) is 7.35. The van der Waals surface area contributed by atoms with E-state index in [1.165, 1.54) is 0 Å². The van der Waals surface area contributed by atoms with Crippen molar-refractivity contribution in [2.75, 3.05) is 13.1 Å². The van der Waals surface area contributed by atoms with E-state index in [2.05, 4.69) is 5.32 Å². The van der Waals surface area contributed by atoms with Crippen LogP contribution in [-0.4, -0.2) is 35.8 Å². The average molecular weight is 337 g/mol. The van der Waals surface area contributed by atoms with Crippen molar-refractivity contribution in [2.45, 2.75) is 46.1 Å². The molecule has 23 heavy (non-hydrogen) atoms. The first-order valence-electron chi connectivity index (χ1n) is 8.09. The highest BCUT2D eigenvalue weighted by Crippen LogP contribution is 2.21. The second-order valence-electron chi connectivity index (χ2n) is 7.15. The molecule has 2 amide bonds. The first-order chi connectivity index (χ1) is 10.8. The topological polar surface area (TPSA) is 49.4 Å². The lowest BCUT2D eigenvalue weighted by Gasteiger charge is -2.36. The Hall–Kier alpha value is -1.55. The molecule has 4 nitrogen and oxygen atoms in total. The summed E-state index contributed by atoms with van der Waals surface area (Å²) in [6.45, 7) is 7.21. The zero-order chi connectivity index (χ0) is 17.0. The summed E-state index contributed by atoms with van der Waals surface area (Å²) in [5, 5.41) is 3.68. The molecule has 1 aliphatic rings. The predicted octanol–water partition coefficient (Wildman–Crippen LogP) is 3.04. The highest BCUT2D eigenvalue weighted by atomic mass is 35.5. The molecule has 1 aliphatic heterocycles. The molecule has 1 aromatic rings. The van der Waals surface area contributed by atoms with Gasteiger partial charge >= 0.3 is 0 Å². The summed E-state index contributed by atoms with van der Waals surface area (Å²) in [4.78, 5) is 26.3. The van der Waals surface area contributed by atoms with Crippen LogP contribution in [0.3, 0.4) is 0 Å². The molecule has 126 valence electrons. The summed E-state index contributed by atoms with van der Waals surface area (Å²) < 4.78 is 0. The van der Waals surface area contributed by atoms with Gasteiger partial charge in [0.25, 0.3) is 0 Å². The van der Waals surface area contributed by atoms with E-state index in [1.807, 2.05) is 43.9 Å². The van der Waals surface area contributed by atoms with Crippen LogP contribution in [0.5, 0.6) is 0 Å². The minimum Gasteiger partial charge on any atom is -0.353 e. The number of likely N-dealkylation sites (tertiary alicyclic amines) is 1. The number of rotatable bonds is 3. The van der Waals surface area contributed by atoms with Gasteiger partial charge in [-0.25, -0.2) is 0 Å². The van der Waals surface area contributed by atoms with Gasteiger partial charge in [0.2, 0.25) is 11.8 Å². The quantitative estimate of drug-likeness (QED) is 0.922. The minimum atomic E-state index is -0.347. The molecule has 0 aliphatic carbocycles. The summed E-state index contributed by atoms with van der Waals surface area (Å²) in [5.74, 6) is 0.164. The molecule has 2 rings (SSSR count). The van der Waals surface area contributed by atoms with E-state index in [0.29, 0.717) is 24.5 Å². The number of nitrogens with one attached hydrogen (secondary N) is 1. The van der Waals surface area contributed by atoms with Crippen molar-refractivity contribution >= 4 is 23.4 Å². The maximum atomic E-state index is 12.3. The molecule has 0 saturated carbocycles. The number of piperidine rings is 1. The first-order valence-corrected chi connectivity index (χ1v) is 8.47. The van der Waals surface area contributed by atoms with Crippen LogP contribution in [-0.2, 0) is 16.0 Å². The van der Waals surface area contributed by atoms with Crippen LogP contribution in [0.25, 0.3) is 0 Å². The fourth-order valence-corrected chi connectivity index (χ4v) is 3.00. The van der Waals surface area contributed by atoms with Gasteiger partial charge in [-0.15, -0.1) is 0 Å². The van der Waals surface area contributed by atoms with Crippen LogP contribution in [0.2, 0.25) is 5.02 Å². The molecule has 0 atom stereocenters. The van der Waals surface area contributed by atoms with Crippen molar-refractivity contribution in [1.29, 1.82) is 0 Å². The Morgan fingerprint density at radius 2 is 1.83 bits per heavy atom. The van der Waals surface area contributed by atoms with Crippen LogP contribution >= 0.6 is 11.6 Å². The normalized spacial score (nSPS) is 16.3. The lowest BCUT2D eigenvalue weighted by Crippen LogP contribution is -2.49. The molecule has 1 N–H and O–H groups in total. The van der Waals surface area contributed by atoms with Crippen LogP contribution in [0.15, 0.2) is 24.3 Å². The SMILES string of the molecule is CC(C)(C)C(=O)N1CCC(NC(=O)Cc2ccccc2Cl)CC1. The van der Waals surface area contributed by atoms with Crippen molar-refractivity contribution in [3.63, 3.8) is 0 Å². The number of carbonyl (C=O) groups excluding carboxylic acids is 2. The summed E-state index contributed by atoms with van der Waals surface area (Å²) in [6.07, 6.45) is 1.90. The Labute approximate surface area is 143 Å². The van der Waals surface area contributed by atoms with E-state index in [0.717, 1.165) is 18.4 Å². The maximum absolute atomic E-state index is 12.3. The third-order valence-corrected chi connectivity index (χ3v) is 4.47. The Morgan fingerprint density at radius 3 is 2.39 bits per heavy atom. The van der Waals surface area contributed by atoms with E-state index in [4.69, 9.17) is 11.6 Å². The number of hydrogen-bond acceptors (Lipinski definition) is 2. The molecule has 0 unspecified atom stereocenters. The van der Waals surface area contributed by atoms with Crippen molar-refractivity contribution in [3.05, 3.63) is 34.9 Å². The third-order valence-electron chi connectivity index (χ3n) is 4.10. The first kappa shape index (κ1) is 17.8. The number of benzene rings is 1. The Balaban J connectivity index is 1.81. The largest absolute Gasteiger partial charge is 0.353 e. The van der Waals surface area contributed by atoms with Crippen molar-refractivity contribution in [2.24, 2.45) is 5.41 Å². The molecular formula is C18H25ClN2O2. The summed E-state index contributed by atoms with van der Waals surface area (Å²) in [5.41, 5.74) is 0.493. The molecule has 0 aromatic heterocycles. The zero-order valence-electron chi connectivity index (χ0n) is 14.1. The van der Waals surface area contributed by atoms with Crippen LogP contribution in [0.4, 0.5) is 0 Å². The third kappa shape index (κ3) is 4.96. The number of carbonyl (C=O) groups is 2. The average Bonchev–Trinajstić information content (AvgIpc) is 2.49. The van der Waals surface area contributed by atoms with Crippen LogP contribution in [0.1, 0.15) is 39.2 Å². The van der Waals surface area contributed by atoms with Crippen molar-refractivity contribution in [1.82, 2.24) is 10.2 Å². The molecular weight excluding hydrogens is 312 g/mol. The van der Waals surface area contributed by atoms with E-state index < -0.39 is 0 Å². The van der Waals surface area contributed by atoms with Gasteiger partial charge in [-0.05, 0) is 24.5 Å². The Bertz CT molecular complexity index is 573. The molecule has 5 heteroatoms. The molecule has 0 radical (unpaired) electrons. The second-order valence-corrected chi connectivity index (χ2v) is 7.56. The molecule has 0 bridgehead atoms. The van der Waals surface area contributed by atoms with Crippen LogP contribution in [0, 0.1) is 5.41 Å². The van der Waals surface area contributed by atoms with Gasteiger partial charge < -0.3 is 10.2 Å². The van der Waals surface area contributed by atoms with Gasteiger partial charge in [-0.3, -0.25) is 9.59 Å². The smallest absolute Gasteiger partial charge is 0.227 e. The summed E-state index contributed by atoms with van der Waals surface area (Å²) in [7, 11) is 0. The standard InChI is InChI=1S/C18H25ClN2O2/c1-18(2,3)17(23)21-10-8-14(9-11-21)20-16(22)12-13-6-4-5-7-15(13)19/h4-7,14H,8-12H2,1-3H3,(H,20,22). The number of halogens is 1. The maximum Gasteiger partial charge on any atom is 0.227 e. The molecule has 1 saturated heterocycles. The van der Waals surface area contributed by atoms with Gasteiger partial charge in [-0.1, -0.05) is 50.6 Å². The predicted molar refractivity (Wildman–Crippen MR) is 92.4 cm³/mol. The van der Waals surface area contributed by atoms with Gasteiger partial charge in [0.1, 0.15) is 0 Å². The van der Waals surface area contributed by atoms with Gasteiger partial charge in [-0.2, -0.15) is 0 Å². The Morgan fingerprint density at radius 1 is 1.22 bits per heavy atom. The van der Waals surface area contributed by atoms with Gasteiger partial charge in [0.15, 0.2) is 0 Å². The minimum absolute atomic E-state index is 0.0151. The fourth-order valence-electron chi connectivity index (χ4n) is 2.79. The summed E-state index contributed by atoms with van der Waals surface area (Å²) in [6, 6.07) is 7.53. The lowest BCUT2D eigenvalue weighted by atomic mass is 9.93. The lowest BCUT2D eigenvalue weighted by molar-refractivity contribution is -0.140. The number of nitrogens with zero attached hydrogens (tertiary/aromatic N) is 1. The van der Waals surface area contributed by atoms with E-state index >= 15 is 0 Å². The summed E-state index contributed by atoms with van der Waals surface area (Å²) >= 11 is 6.08. The molecule has 0 spiro atoms. The molecule has 1 fully saturated rings. The zero-order valence-corrected chi connectivity index (χ0v) is 14.8. The van der Waals surface area contributed by atoms with E-state index in [-0.39, 0.29) is 23.3 Å². The van der Waals surface area contributed by atoms with Crippen LogP contribution < -0.4 is 5.32 Å². The van der Waals surface area contributed by atoms with Gasteiger partial charge in [0.05, 0.1) is 6.42 Å².